The fourth-order valence-corrected chi connectivity index (χ4v) is 2.24. The lowest BCUT2D eigenvalue weighted by molar-refractivity contribution is -0.910. The summed E-state index contributed by atoms with van der Waals surface area (Å²) < 4.78 is 12.6. The van der Waals surface area contributed by atoms with Crippen molar-refractivity contribution in [3.05, 3.63) is 83.8 Å². The van der Waals surface area contributed by atoms with Gasteiger partial charge in [0.05, 0.1) is 0 Å². The van der Waals surface area contributed by atoms with Gasteiger partial charge in [0.25, 0.3) is 5.75 Å². The molecule has 0 amide bonds. The molecule has 24 heavy (non-hydrogen) atoms. The van der Waals surface area contributed by atoms with Gasteiger partial charge in [-0.15, -0.1) is 0 Å². The maximum atomic E-state index is 9.83. The Morgan fingerprint density at radius 1 is 0.875 bits per heavy atom. The summed E-state index contributed by atoms with van der Waals surface area (Å²) >= 11 is 0. The lowest BCUT2D eigenvalue weighted by Gasteiger charge is -2.10. The van der Waals surface area contributed by atoms with Crippen LogP contribution < -0.4 is 14.2 Å². The minimum atomic E-state index is 0.359. The number of benzene rings is 2. The summed E-state index contributed by atoms with van der Waals surface area (Å²) in [5.74, 6) is 0.789. The van der Waals surface area contributed by atoms with Crippen molar-refractivity contribution >= 4 is 0 Å². The lowest BCUT2D eigenvalue weighted by atomic mass is 10.2. The number of nitrogens with zero attached hydrogens (tertiary/aromatic N) is 2. The van der Waals surface area contributed by atoms with Crippen molar-refractivity contribution in [2.45, 2.75) is 20.1 Å². The molecule has 0 spiro atoms. The van der Waals surface area contributed by atoms with Gasteiger partial charge >= 0.3 is 12.2 Å². The summed E-state index contributed by atoms with van der Waals surface area (Å²) in [5, 5.41) is 9.83. The van der Waals surface area contributed by atoms with Crippen LogP contribution in [0.1, 0.15) is 16.8 Å². The zero-order valence-electron chi connectivity index (χ0n) is 13.4. The average molecular weight is 323 g/mol. The van der Waals surface area contributed by atoms with Gasteiger partial charge < -0.3 is 14.7 Å². The summed E-state index contributed by atoms with van der Waals surface area (Å²) in [6.07, 6.45) is 1.30. The molecule has 3 aromatic rings. The first-order chi connectivity index (χ1) is 11.7. The van der Waals surface area contributed by atoms with Crippen LogP contribution in [-0.4, -0.2) is 10.2 Å². The van der Waals surface area contributed by atoms with E-state index in [0.717, 1.165) is 15.9 Å². The second-order valence-corrected chi connectivity index (χ2v) is 5.36. The molecule has 0 bridgehead atoms. The molecule has 0 unspecified atom stereocenters. The number of hydrogen-bond donors (Lipinski definition) is 1. The fourth-order valence-electron chi connectivity index (χ4n) is 2.24. The highest BCUT2D eigenvalue weighted by molar-refractivity contribution is 5.34. The van der Waals surface area contributed by atoms with E-state index in [-0.39, 0.29) is 0 Å². The van der Waals surface area contributed by atoms with Crippen molar-refractivity contribution in [1.82, 2.24) is 4.98 Å². The van der Waals surface area contributed by atoms with Crippen LogP contribution in [0, 0.1) is 6.92 Å². The molecule has 1 N–H and O–H groups in total. The number of hydrogen-bond acceptors (Lipinski definition) is 4. The van der Waals surface area contributed by atoms with Crippen molar-refractivity contribution in [1.29, 1.82) is 0 Å². The van der Waals surface area contributed by atoms with Gasteiger partial charge in [0.1, 0.15) is 13.2 Å². The second kappa shape index (κ2) is 7.46. The van der Waals surface area contributed by atoms with Crippen molar-refractivity contribution in [2.24, 2.45) is 0 Å². The minimum absolute atomic E-state index is 0.359. The van der Waals surface area contributed by atoms with Crippen LogP contribution in [-0.2, 0) is 13.2 Å². The first kappa shape index (κ1) is 15.8. The van der Waals surface area contributed by atoms with E-state index >= 15 is 0 Å². The van der Waals surface area contributed by atoms with Crippen LogP contribution in [0.3, 0.4) is 0 Å². The summed E-state index contributed by atoms with van der Waals surface area (Å²) in [5.41, 5.74) is 2.59. The Kier molecular flexibility index (Phi) is 4.91. The smallest absolute Gasteiger partial charge is 0.375 e. The first-order valence-electron chi connectivity index (χ1n) is 7.68. The van der Waals surface area contributed by atoms with E-state index in [1.54, 1.807) is 6.92 Å². The number of aromatic nitrogens is 2. The molecule has 0 saturated carbocycles. The molecular weight excluding hydrogens is 304 g/mol. The minimum Gasteiger partial charge on any atom is -0.478 e. The normalized spacial score (nSPS) is 10.4. The van der Waals surface area contributed by atoms with Crippen molar-refractivity contribution in [3.8, 4) is 11.6 Å². The number of ether oxygens (including phenoxy) is 2. The van der Waals surface area contributed by atoms with Crippen LogP contribution in [0.2, 0.25) is 0 Å². The molecule has 0 aliphatic carbocycles. The van der Waals surface area contributed by atoms with Gasteiger partial charge in [-0.3, -0.25) is 0 Å². The standard InChI is InChI=1S/C19H19N2O3/c1-15-18(23-12-16-8-4-2-5-9-16)19(20-14-21(15)22)24-13-17-10-6-3-7-11-17/h2-11,14,22H,12-13H2,1H3/q+1. The Hall–Kier alpha value is -3.08. The summed E-state index contributed by atoms with van der Waals surface area (Å²) in [6.45, 7) is 2.50. The molecule has 1 aromatic heterocycles. The zero-order valence-corrected chi connectivity index (χ0v) is 13.4. The highest BCUT2D eigenvalue weighted by Crippen LogP contribution is 2.27. The molecule has 0 atom stereocenters. The topological polar surface area (TPSA) is 55.5 Å². The van der Waals surface area contributed by atoms with E-state index in [4.69, 9.17) is 9.47 Å². The summed E-state index contributed by atoms with van der Waals surface area (Å²) in [4.78, 5) is 4.13. The summed E-state index contributed by atoms with van der Waals surface area (Å²) in [7, 11) is 0. The molecule has 3 rings (SSSR count). The quantitative estimate of drug-likeness (QED) is 0.559. The molecule has 2 aromatic carbocycles. The molecule has 5 nitrogen and oxygen atoms in total. The van der Waals surface area contributed by atoms with Gasteiger partial charge in [0.2, 0.25) is 0 Å². The second-order valence-electron chi connectivity index (χ2n) is 5.36. The van der Waals surface area contributed by atoms with Gasteiger partial charge in [-0.2, -0.15) is 0 Å². The lowest BCUT2D eigenvalue weighted by Crippen LogP contribution is -2.34. The Bertz CT molecular complexity index is 792. The molecular formula is C19H19N2O3+. The maximum Gasteiger partial charge on any atom is 0.375 e. The zero-order chi connectivity index (χ0) is 16.8. The highest BCUT2D eigenvalue weighted by atomic mass is 16.5. The molecule has 0 fully saturated rings. The molecule has 0 radical (unpaired) electrons. The van der Waals surface area contributed by atoms with Crippen molar-refractivity contribution in [2.75, 3.05) is 0 Å². The monoisotopic (exact) mass is 323 g/mol. The predicted octanol–water partition coefficient (Wildman–Crippen LogP) is 3.07. The molecule has 1 heterocycles. The maximum absolute atomic E-state index is 9.83. The van der Waals surface area contributed by atoms with E-state index in [9.17, 15) is 5.21 Å². The third-order valence-corrected chi connectivity index (χ3v) is 3.60. The Morgan fingerprint density at radius 3 is 2.00 bits per heavy atom. The Morgan fingerprint density at radius 2 is 1.42 bits per heavy atom. The molecule has 0 aliphatic heterocycles. The van der Waals surface area contributed by atoms with E-state index in [2.05, 4.69) is 4.98 Å². The van der Waals surface area contributed by atoms with Crippen LogP contribution in [0.4, 0.5) is 0 Å². The van der Waals surface area contributed by atoms with Crippen LogP contribution >= 0.6 is 0 Å². The van der Waals surface area contributed by atoms with Crippen LogP contribution in [0.15, 0.2) is 67.0 Å². The van der Waals surface area contributed by atoms with Gasteiger partial charge in [-0.1, -0.05) is 60.7 Å². The van der Waals surface area contributed by atoms with E-state index in [1.165, 1.54) is 6.33 Å². The SMILES string of the molecule is Cc1c(OCc2ccccc2)c(OCc2ccccc2)nc[n+]1O. The van der Waals surface area contributed by atoms with Gasteiger partial charge in [0.15, 0.2) is 5.69 Å². The van der Waals surface area contributed by atoms with Crippen molar-refractivity contribution < 1.29 is 19.4 Å². The van der Waals surface area contributed by atoms with Gasteiger partial charge in [0, 0.05) is 6.92 Å². The van der Waals surface area contributed by atoms with Crippen LogP contribution in [0.5, 0.6) is 11.6 Å². The molecule has 5 heteroatoms. The average Bonchev–Trinajstić information content (AvgIpc) is 2.63. The van der Waals surface area contributed by atoms with Crippen LogP contribution in [0.25, 0.3) is 0 Å². The predicted molar refractivity (Wildman–Crippen MR) is 87.9 cm³/mol. The fraction of sp³-hybridized carbons (Fsp3) is 0.158. The van der Waals surface area contributed by atoms with E-state index < -0.39 is 0 Å². The summed E-state index contributed by atoms with van der Waals surface area (Å²) in [6, 6.07) is 19.6. The Labute approximate surface area is 140 Å². The first-order valence-corrected chi connectivity index (χ1v) is 7.68. The van der Waals surface area contributed by atoms with Crippen molar-refractivity contribution in [3.63, 3.8) is 0 Å². The Balaban J connectivity index is 1.77. The van der Waals surface area contributed by atoms with E-state index in [1.807, 2.05) is 60.7 Å². The van der Waals surface area contributed by atoms with Gasteiger partial charge in [-0.25, -0.2) is 0 Å². The highest BCUT2D eigenvalue weighted by Gasteiger charge is 2.22. The molecule has 122 valence electrons. The van der Waals surface area contributed by atoms with Gasteiger partial charge in [-0.05, 0) is 20.8 Å². The molecule has 0 aliphatic rings. The molecule has 0 saturated heterocycles. The van der Waals surface area contributed by atoms with E-state index in [0.29, 0.717) is 30.5 Å². The number of rotatable bonds is 6. The third-order valence-electron chi connectivity index (χ3n) is 3.60. The third kappa shape index (κ3) is 3.81. The largest absolute Gasteiger partial charge is 0.478 e.